The Morgan fingerprint density at radius 2 is 2.11 bits per heavy atom. The number of carboxylic acid groups (broad SMARTS) is 1. The van der Waals surface area contributed by atoms with Gasteiger partial charge in [-0.2, -0.15) is 0 Å². The van der Waals surface area contributed by atoms with Gasteiger partial charge in [0.05, 0.1) is 5.69 Å². The molecule has 0 atom stereocenters. The number of nitrogens with one attached hydrogen (secondary N) is 1. The summed E-state index contributed by atoms with van der Waals surface area (Å²) in [6.07, 6.45) is 2.50. The summed E-state index contributed by atoms with van der Waals surface area (Å²) in [4.78, 5) is 27.0. The number of nitrogens with zero attached hydrogens (tertiary/aromatic N) is 1. The van der Waals surface area contributed by atoms with Crippen LogP contribution in [0.25, 0.3) is 0 Å². The molecule has 0 unspecified atom stereocenters. The van der Waals surface area contributed by atoms with Crippen molar-refractivity contribution in [2.24, 2.45) is 5.92 Å². The molecular weight excluding hydrogens is 252 g/mol. The molecule has 0 aliphatic rings. The maximum absolute atomic E-state index is 11.5. The maximum atomic E-state index is 11.5. The van der Waals surface area contributed by atoms with Gasteiger partial charge in [0.25, 0.3) is 0 Å². The summed E-state index contributed by atoms with van der Waals surface area (Å²) in [6, 6.07) is 0. The normalized spacial score (nSPS) is 10.7. The first-order valence-electron chi connectivity index (χ1n) is 5.99. The average molecular weight is 270 g/mol. The molecule has 0 fully saturated rings. The minimum atomic E-state index is -0.983. The van der Waals surface area contributed by atoms with Crippen molar-refractivity contribution >= 4 is 28.3 Å². The van der Waals surface area contributed by atoms with Crippen LogP contribution in [0.3, 0.4) is 0 Å². The SMILES string of the molecule is CCCCc1nc(NC(=O)C(C)C)sc1C(=O)O. The molecule has 2 N–H and O–H groups in total. The minimum Gasteiger partial charge on any atom is -0.477 e. The van der Waals surface area contributed by atoms with Gasteiger partial charge in [-0.15, -0.1) is 0 Å². The van der Waals surface area contributed by atoms with Crippen LogP contribution >= 0.6 is 11.3 Å². The number of unbranched alkanes of at least 4 members (excludes halogenated alkanes) is 1. The highest BCUT2D eigenvalue weighted by atomic mass is 32.1. The monoisotopic (exact) mass is 270 g/mol. The summed E-state index contributed by atoms with van der Waals surface area (Å²) in [5.74, 6) is -1.28. The van der Waals surface area contributed by atoms with Crippen LogP contribution in [-0.2, 0) is 11.2 Å². The van der Waals surface area contributed by atoms with E-state index in [1.165, 1.54) is 0 Å². The summed E-state index contributed by atoms with van der Waals surface area (Å²) in [5, 5.41) is 12.1. The molecule has 0 saturated heterocycles. The van der Waals surface area contributed by atoms with E-state index in [9.17, 15) is 9.59 Å². The number of aryl methyl sites for hydroxylation is 1. The van der Waals surface area contributed by atoms with Gasteiger partial charge in [0.15, 0.2) is 5.13 Å². The summed E-state index contributed by atoms with van der Waals surface area (Å²) < 4.78 is 0. The van der Waals surface area contributed by atoms with E-state index in [0.717, 1.165) is 24.2 Å². The van der Waals surface area contributed by atoms with Crippen molar-refractivity contribution < 1.29 is 14.7 Å². The minimum absolute atomic E-state index is 0.150. The molecule has 0 aliphatic carbocycles. The third-order valence-corrected chi connectivity index (χ3v) is 3.41. The maximum Gasteiger partial charge on any atom is 0.347 e. The first-order chi connectivity index (χ1) is 8.45. The number of hydrogen-bond acceptors (Lipinski definition) is 4. The molecule has 18 heavy (non-hydrogen) atoms. The zero-order valence-electron chi connectivity index (χ0n) is 10.8. The molecule has 5 nitrogen and oxygen atoms in total. The van der Waals surface area contributed by atoms with Crippen molar-refractivity contribution in [2.45, 2.75) is 40.0 Å². The molecule has 6 heteroatoms. The fourth-order valence-corrected chi connectivity index (χ4v) is 2.19. The molecule has 0 aliphatic heterocycles. The Bertz CT molecular complexity index is 441. The number of thiazole rings is 1. The Hall–Kier alpha value is -1.43. The number of hydrogen-bond donors (Lipinski definition) is 2. The molecule has 1 aromatic rings. The van der Waals surface area contributed by atoms with Gasteiger partial charge in [0, 0.05) is 5.92 Å². The smallest absolute Gasteiger partial charge is 0.347 e. The molecule has 1 amide bonds. The van der Waals surface area contributed by atoms with Crippen LogP contribution in [0, 0.1) is 5.92 Å². The molecule has 0 bridgehead atoms. The van der Waals surface area contributed by atoms with Crippen molar-refractivity contribution in [2.75, 3.05) is 5.32 Å². The molecule has 1 heterocycles. The number of rotatable bonds is 6. The van der Waals surface area contributed by atoms with Crippen molar-refractivity contribution in [3.05, 3.63) is 10.6 Å². The van der Waals surface area contributed by atoms with Crippen LogP contribution in [0.1, 0.15) is 49.0 Å². The summed E-state index contributed by atoms with van der Waals surface area (Å²) in [6.45, 7) is 5.59. The number of aromatic nitrogens is 1. The van der Waals surface area contributed by atoms with Crippen LogP contribution in [0.2, 0.25) is 0 Å². The Balaban J connectivity index is 2.88. The first kappa shape index (κ1) is 14.6. The van der Waals surface area contributed by atoms with Crippen LogP contribution in [0.15, 0.2) is 0 Å². The fraction of sp³-hybridized carbons (Fsp3) is 0.583. The second-order valence-electron chi connectivity index (χ2n) is 4.35. The second-order valence-corrected chi connectivity index (χ2v) is 5.35. The molecule has 1 rings (SSSR count). The number of anilines is 1. The highest BCUT2D eigenvalue weighted by Gasteiger charge is 2.18. The summed E-state index contributed by atoms with van der Waals surface area (Å²) >= 11 is 1.02. The lowest BCUT2D eigenvalue weighted by atomic mass is 10.2. The Morgan fingerprint density at radius 1 is 1.44 bits per heavy atom. The van der Waals surface area contributed by atoms with Gasteiger partial charge in [-0.1, -0.05) is 38.5 Å². The number of aromatic carboxylic acids is 1. The van der Waals surface area contributed by atoms with Crippen LogP contribution in [0.5, 0.6) is 0 Å². The van der Waals surface area contributed by atoms with Gasteiger partial charge in [-0.3, -0.25) is 4.79 Å². The predicted octanol–water partition coefficient (Wildman–Crippen LogP) is 2.78. The van der Waals surface area contributed by atoms with Crippen molar-refractivity contribution in [1.29, 1.82) is 0 Å². The van der Waals surface area contributed by atoms with E-state index in [4.69, 9.17) is 5.11 Å². The lowest BCUT2D eigenvalue weighted by molar-refractivity contribution is -0.118. The quantitative estimate of drug-likeness (QED) is 0.833. The van der Waals surface area contributed by atoms with Gasteiger partial charge >= 0.3 is 5.97 Å². The standard InChI is InChI=1S/C12H18N2O3S/c1-4-5-6-8-9(11(16)17)18-12(13-8)14-10(15)7(2)3/h7H,4-6H2,1-3H3,(H,16,17)(H,13,14,15). The molecule has 100 valence electrons. The number of carboxylic acids is 1. The first-order valence-corrected chi connectivity index (χ1v) is 6.81. The fourth-order valence-electron chi connectivity index (χ4n) is 1.34. The van der Waals surface area contributed by atoms with Gasteiger partial charge in [-0.05, 0) is 12.8 Å². The van der Waals surface area contributed by atoms with Crippen molar-refractivity contribution in [3.8, 4) is 0 Å². The lowest BCUT2D eigenvalue weighted by Crippen LogP contribution is -2.17. The lowest BCUT2D eigenvalue weighted by Gasteiger charge is -2.03. The van der Waals surface area contributed by atoms with Gasteiger partial charge in [-0.25, -0.2) is 9.78 Å². The molecule has 0 saturated carbocycles. The molecular formula is C12H18N2O3S. The van der Waals surface area contributed by atoms with E-state index >= 15 is 0 Å². The number of carbonyl (C=O) groups excluding carboxylic acids is 1. The number of carbonyl (C=O) groups is 2. The highest BCUT2D eigenvalue weighted by molar-refractivity contribution is 7.17. The summed E-state index contributed by atoms with van der Waals surface area (Å²) in [7, 11) is 0. The Kier molecular flexibility index (Phi) is 5.27. The molecule has 0 spiro atoms. The third kappa shape index (κ3) is 3.80. The average Bonchev–Trinajstić information content (AvgIpc) is 2.69. The largest absolute Gasteiger partial charge is 0.477 e. The second kappa shape index (κ2) is 6.49. The highest BCUT2D eigenvalue weighted by Crippen LogP contribution is 2.24. The Morgan fingerprint density at radius 3 is 2.61 bits per heavy atom. The van der Waals surface area contributed by atoms with E-state index in [1.807, 2.05) is 6.92 Å². The van der Waals surface area contributed by atoms with Crippen LogP contribution < -0.4 is 5.32 Å². The van der Waals surface area contributed by atoms with E-state index < -0.39 is 5.97 Å². The molecule has 0 radical (unpaired) electrons. The van der Waals surface area contributed by atoms with Crippen molar-refractivity contribution in [3.63, 3.8) is 0 Å². The Labute approximate surface area is 110 Å². The zero-order valence-corrected chi connectivity index (χ0v) is 11.6. The van der Waals surface area contributed by atoms with Crippen LogP contribution in [-0.4, -0.2) is 22.0 Å². The van der Waals surface area contributed by atoms with Crippen molar-refractivity contribution in [1.82, 2.24) is 4.98 Å². The summed E-state index contributed by atoms with van der Waals surface area (Å²) in [5.41, 5.74) is 0.563. The van der Waals surface area contributed by atoms with E-state index in [1.54, 1.807) is 13.8 Å². The zero-order chi connectivity index (χ0) is 13.7. The predicted molar refractivity (Wildman–Crippen MR) is 71.2 cm³/mol. The van der Waals surface area contributed by atoms with Crippen LogP contribution in [0.4, 0.5) is 5.13 Å². The molecule has 1 aromatic heterocycles. The van der Waals surface area contributed by atoms with Gasteiger partial charge in [0.2, 0.25) is 5.91 Å². The van der Waals surface area contributed by atoms with E-state index in [-0.39, 0.29) is 16.7 Å². The van der Waals surface area contributed by atoms with Gasteiger partial charge in [0.1, 0.15) is 4.88 Å². The topological polar surface area (TPSA) is 79.3 Å². The third-order valence-electron chi connectivity index (χ3n) is 2.41. The van der Waals surface area contributed by atoms with E-state index in [0.29, 0.717) is 17.2 Å². The molecule has 0 aromatic carbocycles. The van der Waals surface area contributed by atoms with E-state index in [2.05, 4.69) is 10.3 Å². The van der Waals surface area contributed by atoms with Gasteiger partial charge < -0.3 is 10.4 Å². The number of amides is 1.